The fraction of sp³-hybridized carbons (Fsp3) is 0.0976. The van der Waals surface area contributed by atoms with Crippen molar-refractivity contribution in [2.45, 2.75) is 35.1 Å². The second-order valence-electron chi connectivity index (χ2n) is 12.1. The molecule has 0 radical (unpaired) electrons. The molecule has 0 aromatic heterocycles. The third-order valence-electron chi connectivity index (χ3n) is 8.96. The van der Waals surface area contributed by atoms with Gasteiger partial charge in [0.2, 0.25) is 0 Å². The van der Waals surface area contributed by atoms with Crippen LogP contribution in [0.15, 0.2) is 166 Å². The number of hydrogen-bond acceptors (Lipinski definition) is 3. The first-order valence-electron chi connectivity index (χ1n) is 15.2. The lowest BCUT2D eigenvalue weighted by Gasteiger charge is -2.36. The molecule has 5 aromatic carbocycles. The molecular weight excluding hydrogens is 553 g/mol. The van der Waals surface area contributed by atoms with Crippen LogP contribution in [-0.4, -0.2) is 11.9 Å². The predicted molar refractivity (Wildman–Crippen MR) is 185 cm³/mol. The van der Waals surface area contributed by atoms with Crippen LogP contribution in [0.5, 0.6) is 0 Å². The van der Waals surface area contributed by atoms with Gasteiger partial charge in [-0.1, -0.05) is 153 Å². The Kier molecular flexibility index (Phi) is 6.50. The van der Waals surface area contributed by atoms with E-state index < -0.39 is 0 Å². The molecule has 0 spiro atoms. The van der Waals surface area contributed by atoms with Gasteiger partial charge in [0.05, 0.1) is 11.7 Å². The van der Waals surface area contributed by atoms with Crippen molar-refractivity contribution in [3.05, 3.63) is 173 Å². The second-order valence-corrected chi connectivity index (χ2v) is 13.1. The van der Waals surface area contributed by atoms with Crippen LogP contribution in [0.1, 0.15) is 36.1 Å². The van der Waals surface area contributed by atoms with Crippen molar-refractivity contribution >= 4 is 23.3 Å². The Morgan fingerprint density at radius 2 is 1.34 bits per heavy atom. The Labute approximate surface area is 263 Å². The van der Waals surface area contributed by atoms with E-state index in [9.17, 15) is 0 Å². The highest BCUT2D eigenvalue weighted by atomic mass is 32.2. The molecular formula is C41H32N2S. The molecule has 2 nitrogen and oxygen atoms in total. The summed E-state index contributed by atoms with van der Waals surface area (Å²) >= 11 is 1.89. The number of fused-ring (bicyclic) bond motifs is 3. The van der Waals surface area contributed by atoms with Gasteiger partial charge in [-0.2, -0.15) is 0 Å². The van der Waals surface area contributed by atoms with Crippen LogP contribution in [0.2, 0.25) is 0 Å². The Bertz CT molecular complexity index is 2030. The number of allylic oxidation sites excluding steroid dienone is 2. The molecule has 3 aliphatic rings. The molecule has 3 heteroatoms. The molecule has 0 saturated carbocycles. The molecule has 44 heavy (non-hydrogen) atoms. The third kappa shape index (κ3) is 4.56. The minimum atomic E-state index is -0.0791. The van der Waals surface area contributed by atoms with Crippen molar-refractivity contribution in [1.29, 1.82) is 0 Å². The van der Waals surface area contributed by atoms with Gasteiger partial charge >= 0.3 is 0 Å². The van der Waals surface area contributed by atoms with Gasteiger partial charge in [-0.3, -0.25) is 0 Å². The minimum Gasteiger partial charge on any atom is -0.359 e. The van der Waals surface area contributed by atoms with Crippen molar-refractivity contribution in [2.24, 2.45) is 4.99 Å². The first-order valence-corrected chi connectivity index (χ1v) is 16.0. The van der Waals surface area contributed by atoms with E-state index in [4.69, 9.17) is 4.99 Å². The van der Waals surface area contributed by atoms with Gasteiger partial charge < -0.3 is 5.32 Å². The number of aliphatic imine (C=N–C) groups is 1. The van der Waals surface area contributed by atoms with Crippen LogP contribution in [-0.2, 0) is 5.41 Å². The van der Waals surface area contributed by atoms with E-state index in [1.807, 2.05) is 17.8 Å². The van der Waals surface area contributed by atoms with Crippen molar-refractivity contribution in [2.75, 3.05) is 0 Å². The maximum Gasteiger partial charge on any atom is 0.134 e. The number of rotatable bonds is 4. The van der Waals surface area contributed by atoms with Crippen molar-refractivity contribution in [1.82, 2.24) is 5.32 Å². The van der Waals surface area contributed by atoms with Crippen LogP contribution in [0.4, 0.5) is 0 Å². The predicted octanol–water partition coefficient (Wildman–Crippen LogP) is 10.1. The Balaban J connectivity index is 1.16. The number of benzene rings is 5. The van der Waals surface area contributed by atoms with Crippen LogP contribution >= 0.6 is 11.8 Å². The van der Waals surface area contributed by atoms with Gasteiger partial charge in [-0.25, -0.2) is 4.99 Å². The monoisotopic (exact) mass is 584 g/mol. The molecule has 0 bridgehead atoms. The average Bonchev–Trinajstić information content (AvgIpc) is 3.08. The summed E-state index contributed by atoms with van der Waals surface area (Å²) in [5.74, 6) is 0.902. The van der Waals surface area contributed by atoms with E-state index in [2.05, 4.69) is 159 Å². The van der Waals surface area contributed by atoms with E-state index in [-0.39, 0.29) is 11.5 Å². The lowest BCUT2D eigenvalue weighted by molar-refractivity contribution is 0.609. The Hall–Kier alpha value is -4.86. The van der Waals surface area contributed by atoms with Gasteiger partial charge in [-0.15, -0.1) is 0 Å². The number of nitrogens with one attached hydrogen (secondary N) is 1. The quantitative estimate of drug-likeness (QED) is 0.227. The summed E-state index contributed by atoms with van der Waals surface area (Å²) < 4.78 is 0. The molecule has 5 aromatic rings. The average molecular weight is 585 g/mol. The summed E-state index contributed by atoms with van der Waals surface area (Å²) in [6.45, 7) is 4.72. The number of nitrogens with zero attached hydrogens (tertiary/aromatic N) is 1. The molecule has 0 saturated heterocycles. The maximum absolute atomic E-state index is 5.16. The highest BCUT2D eigenvalue weighted by Gasteiger charge is 2.35. The molecule has 2 aliphatic heterocycles. The molecule has 1 N–H and O–H groups in total. The largest absolute Gasteiger partial charge is 0.359 e. The van der Waals surface area contributed by atoms with Gasteiger partial charge in [0.1, 0.15) is 5.84 Å². The van der Waals surface area contributed by atoms with E-state index in [0.717, 1.165) is 22.7 Å². The molecule has 1 unspecified atom stereocenters. The standard InChI is InChI=1S/C41H32N2S/c1-41(2)34-18-7-9-20-36(34)44-37-21-11-17-32(38(37)41)28-24-22-27(23-25-28)30-14-10-15-31(26-30)39-33-16-6-8-19-35(33)42-40(43-39)29-12-4-3-5-13-29/h3-26,35H,1-2H3,(H,42,43). The number of hydrogen-bond donors (Lipinski definition) is 1. The van der Waals surface area contributed by atoms with Gasteiger partial charge in [0.15, 0.2) is 0 Å². The SMILES string of the molecule is CC1(C)c2ccccc2Sc2cccc(-c3ccc(-c4cccc(C5=C6C=CC=CC6NC(c6ccccc6)=N5)c4)cc3)c21. The molecule has 212 valence electrons. The van der Waals surface area contributed by atoms with E-state index >= 15 is 0 Å². The lowest BCUT2D eigenvalue weighted by Crippen LogP contribution is -2.39. The lowest BCUT2D eigenvalue weighted by atomic mass is 9.74. The Morgan fingerprint density at radius 3 is 2.20 bits per heavy atom. The molecule has 0 fully saturated rings. The van der Waals surface area contributed by atoms with E-state index in [0.29, 0.717) is 0 Å². The van der Waals surface area contributed by atoms with Gasteiger partial charge in [0.25, 0.3) is 0 Å². The van der Waals surface area contributed by atoms with Crippen LogP contribution < -0.4 is 5.32 Å². The fourth-order valence-electron chi connectivity index (χ4n) is 6.74. The van der Waals surface area contributed by atoms with E-state index in [1.54, 1.807) is 0 Å². The first-order chi connectivity index (χ1) is 21.6. The molecule has 1 atom stereocenters. The summed E-state index contributed by atoms with van der Waals surface area (Å²) in [6.07, 6.45) is 8.58. The zero-order valence-electron chi connectivity index (χ0n) is 24.8. The molecule has 2 heterocycles. The Morgan fingerprint density at radius 1 is 0.636 bits per heavy atom. The molecule has 8 rings (SSSR count). The highest BCUT2D eigenvalue weighted by Crippen LogP contribution is 2.52. The normalized spacial score (nSPS) is 17.7. The maximum atomic E-state index is 5.16. The van der Waals surface area contributed by atoms with Gasteiger partial charge in [0, 0.05) is 31.9 Å². The van der Waals surface area contributed by atoms with E-state index in [1.165, 1.54) is 48.7 Å². The van der Waals surface area contributed by atoms with Crippen molar-refractivity contribution in [3.63, 3.8) is 0 Å². The molecule has 0 amide bonds. The van der Waals surface area contributed by atoms with Crippen LogP contribution in [0.3, 0.4) is 0 Å². The number of amidine groups is 1. The van der Waals surface area contributed by atoms with Crippen LogP contribution in [0, 0.1) is 0 Å². The molecule has 1 aliphatic carbocycles. The minimum absolute atomic E-state index is 0.0791. The summed E-state index contributed by atoms with van der Waals surface area (Å²) in [6, 6.07) is 43.9. The van der Waals surface area contributed by atoms with Crippen LogP contribution in [0.25, 0.3) is 28.0 Å². The highest BCUT2D eigenvalue weighted by molar-refractivity contribution is 7.99. The van der Waals surface area contributed by atoms with Crippen molar-refractivity contribution in [3.8, 4) is 22.3 Å². The topological polar surface area (TPSA) is 24.4 Å². The van der Waals surface area contributed by atoms with Gasteiger partial charge in [-0.05, 0) is 51.6 Å². The fourth-order valence-corrected chi connectivity index (χ4v) is 8.17. The zero-order chi connectivity index (χ0) is 29.7. The zero-order valence-corrected chi connectivity index (χ0v) is 25.6. The van der Waals surface area contributed by atoms with Crippen molar-refractivity contribution < 1.29 is 0 Å². The summed E-state index contributed by atoms with van der Waals surface area (Å²) in [7, 11) is 0. The summed E-state index contributed by atoms with van der Waals surface area (Å²) in [4.78, 5) is 7.87. The summed E-state index contributed by atoms with van der Waals surface area (Å²) in [5, 5.41) is 3.62. The first kappa shape index (κ1) is 26.7. The second kappa shape index (κ2) is 10.7. The smallest absolute Gasteiger partial charge is 0.134 e. The third-order valence-corrected chi connectivity index (χ3v) is 10.1. The summed E-state index contributed by atoms with van der Waals surface area (Å²) in [5.41, 5.74) is 12.1.